The molecule has 1 heterocycles. The number of nitrogens with zero attached hydrogens (tertiary/aromatic N) is 1. The Hall–Kier alpha value is -0.840. The van der Waals surface area contributed by atoms with Crippen molar-refractivity contribution < 1.29 is 15.3 Å². The molecule has 0 saturated carbocycles. The predicted octanol–water partition coefficient (Wildman–Crippen LogP) is 2.82. The van der Waals surface area contributed by atoms with Crippen molar-refractivity contribution in [3.8, 4) is 0 Å². The van der Waals surface area contributed by atoms with Crippen molar-refractivity contribution in [2.45, 2.75) is 4.90 Å². The zero-order valence-corrected chi connectivity index (χ0v) is 9.26. The molecule has 0 N–H and O–H groups in total. The molecular weight excluding hydrogens is 257 g/mol. The second-order valence-electron chi connectivity index (χ2n) is 2.53. The average molecular weight is 267 g/mol. The van der Waals surface area contributed by atoms with E-state index in [0.29, 0.717) is 0 Å². The summed E-state index contributed by atoms with van der Waals surface area (Å²) in [7, 11) is 0.739. The average Bonchev–Trinajstić information content (AvgIpc) is 2.31. The van der Waals surface area contributed by atoms with E-state index in [9.17, 15) is 8.42 Å². The van der Waals surface area contributed by atoms with Crippen LogP contribution >= 0.6 is 22.3 Å². The lowest BCUT2D eigenvalue weighted by molar-refractivity contribution is 0.609. The van der Waals surface area contributed by atoms with Gasteiger partial charge in [-0.2, -0.15) is 0 Å². The molecule has 0 amide bonds. The number of rotatable bonds is 1. The summed E-state index contributed by atoms with van der Waals surface area (Å²) in [5.74, 6) is 0. The largest absolute Gasteiger partial charge is 0.262 e. The number of fused-ring (bicyclic) bond motifs is 1. The maximum atomic E-state index is 11.4. The molecule has 1 aromatic carbocycles. The molecule has 6 heteroatoms. The number of benzene rings is 1. The Bertz CT molecular complexity index is 856. The molecular formula is C9H5Cl2NO2S. The molecule has 0 aliphatic carbocycles. The van der Waals surface area contributed by atoms with E-state index in [1.54, 1.807) is 0 Å². The second-order valence-corrected chi connectivity index (χ2v) is 5.41. The predicted molar refractivity (Wildman–Crippen MR) is 59.8 cm³/mol. The van der Waals surface area contributed by atoms with Gasteiger partial charge in [-0.25, -0.2) is 8.42 Å². The van der Waals surface area contributed by atoms with Crippen LogP contribution in [0.5, 0.6) is 0 Å². The van der Waals surface area contributed by atoms with Gasteiger partial charge in [0.05, 0.1) is 17.4 Å². The van der Waals surface area contributed by atoms with Crippen LogP contribution in [0, 0.1) is 0 Å². The number of hydrogen-bond acceptors (Lipinski definition) is 3. The zero-order valence-electron chi connectivity index (χ0n) is 11.9. The first-order valence-corrected chi connectivity index (χ1v) is 6.27. The molecule has 0 aliphatic rings. The first kappa shape index (κ1) is 6.03. The van der Waals surface area contributed by atoms with Crippen molar-refractivity contribution in [3.63, 3.8) is 0 Å². The number of para-hydroxylation sites is 1. The van der Waals surface area contributed by atoms with Gasteiger partial charge in [-0.3, -0.25) is 4.98 Å². The summed E-state index contributed by atoms with van der Waals surface area (Å²) in [5.41, 5.74) is -0.239. The van der Waals surface area contributed by atoms with E-state index in [4.69, 9.17) is 29.1 Å². The first-order valence-electron chi connectivity index (χ1n) is 6.08. The van der Waals surface area contributed by atoms with Crippen LogP contribution in [-0.2, 0) is 9.05 Å². The number of pyridine rings is 1. The third kappa shape index (κ3) is 2.07. The van der Waals surface area contributed by atoms with Gasteiger partial charge in [0.2, 0.25) is 0 Å². The zero-order chi connectivity index (χ0) is 15.4. The highest BCUT2D eigenvalue weighted by Crippen LogP contribution is 2.24. The first-order chi connectivity index (χ1) is 9.07. The van der Waals surface area contributed by atoms with Gasteiger partial charge in [-0.15, -0.1) is 0 Å². The maximum Gasteiger partial charge on any atom is 0.262 e. The van der Waals surface area contributed by atoms with Crippen molar-refractivity contribution in [3.05, 3.63) is 35.4 Å². The Morgan fingerprint density at radius 3 is 2.80 bits per heavy atom. The molecule has 3 nitrogen and oxygen atoms in total. The number of hydrogen-bond donors (Lipinski definition) is 0. The molecule has 15 heavy (non-hydrogen) atoms. The standard InChI is InChI=1S/C9H5Cl2NO2S/c10-8-3-1-2-6-4-7(15(11,13)14)5-12-9(6)8/h1-5H/i1D,2D,3D,4D,5D. The molecule has 0 spiro atoms. The highest BCUT2D eigenvalue weighted by atomic mass is 35.7. The van der Waals surface area contributed by atoms with Gasteiger partial charge >= 0.3 is 0 Å². The lowest BCUT2D eigenvalue weighted by Gasteiger charge is -2.00. The smallest absolute Gasteiger partial charge is 0.253 e. The van der Waals surface area contributed by atoms with Crippen molar-refractivity contribution in [2.75, 3.05) is 0 Å². The minimum absolute atomic E-state index is 0.239. The quantitative estimate of drug-likeness (QED) is 0.746. The molecule has 2 rings (SSSR count). The van der Waals surface area contributed by atoms with Crippen molar-refractivity contribution >= 4 is 42.2 Å². The molecule has 0 aliphatic heterocycles. The number of aromatic nitrogens is 1. The van der Waals surface area contributed by atoms with Crippen molar-refractivity contribution in [1.82, 2.24) is 4.98 Å². The van der Waals surface area contributed by atoms with Crippen molar-refractivity contribution in [1.29, 1.82) is 0 Å². The van der Waals surface area contributed by atoms with Crippen LogP contribution in [0.2, 0.25) is 5.02 Å². The van der Waals surface area contributed by atoms with E-state index in [2.05, 4.69) is 4.98 Å². The molecule has 0 bridgehead atoms. The molecule has 0 fully saturated rings. The van der Waals surface area contributed by atoms with Crippen LogP contribution in [0.1, 0.15) is 6.85 Å². The third-order valence-corrected chi connectivity index (χ3v) is 2.97. The third-order valence-electron chi connectivity index (χ3n) is 1.56. The highest BCUT2D eigenvalue weighted by Gasteiger charge is 2.11. The Morgan fingerprint density at radius 2 is 2.13 bits per heavy atom. The lowest BCUT2D eigenvalue weighted by Crippen LogP contribution is -1.92. The summed E-state index contributed by atoms with van der Waals surface area (Å²) < 4.78 is 60.9. The summed E-state index contributed by atoms with van der Waals surface area (Å²) in [6, 6.07) is -2.32. The molecule has 0 saturated heterocycles. The Kier molecular flexibility index (Phi) is 1.46. The van der Waals surface area contributed by atoms with Gasteiger partial charge in [-0.05, 0) is 12.1 Å². The van der Waals surface area contributed by atoms with Crippen LogP contribution in [0.25, 0.3) is 10.9 Å². The van der Waals surface area contributed by atoms with E-state index >= 15 is 0 Å². The van der Waals surface area contributed by atoms with E-state index in [1.165, 1.54) is 0 Å². The monoisotopic (exact) mass is 266 g/mol. The van der Waals surface area contributed by atoms with E-state index < -0.39 is 44.3 Å². The molecule has 1 aromatic heterocycles. The Morgan fingerprint density at radius 1 is 1.40 bits per heavy atom. The maximum absolute atomic E-state index is 11.4. The van der Waals surface area contributed by atoms with Gasteiger partial charge in [-0.1, -0.05) is 23.7 Å². The second kappa shape index (κ2) is 3.63. The lowest BCUT2D eigenvalue weighted by atomic mass is 10.2. The SMILES string of the molecule is [2H]c1nc2c(Cl)c([2H])c([2H])c([2H])c2c([2H])c1S(=O)(=O)Cl. The molecule has 0 unspecified atom stereocenters. The fraction of sp³-hybridized carbons (Fsp3) is 0. The summed E-state index contributed by atoms with van der Waals surface area (Å²) in [6.07, 6.45) is -0.795. The van der Waals surface area contributed by atoms with Crippen LogP contribution in [-0.4, -0.2) is 13.4 Å². The number of halogens is 2. The topological polar surface area (TPSA) is 47.0 Å². The van der Waals surface area contributed by atoms with Crippen LogP contribution in [0.15, 0.2) is 35.2 Å². The summed E-state index contributed by atoms with van der Waals surface area (Å²) in [4.78, 5) is 2.74. The van der Waals surface area contributed by atoms with Gasteiger partial charge < -0.3 is 0 Å². The summed E-state index contributed by atoms with van der Waals surface area (Å²) in [5, 5.41) is -0.646. The fourth-order valence-electron chi connectivity index (χ4n) is 0.936. The fourth-order valence-corrected chi connectivity index (χ4v) is 1.72. The van der Waals surface area contributed by atoms with Gasteiger partial charge in [0.1, 0.15) is 4.90 Å². The van der Waals surface area contributed by atoms with E-state index in [-0.39, 0.29) is 15.9 Å². The highest BCUT2D eigenvalue weighted by molar-refractivity contribution is 8.13. The van der Waals surface area contributed by atoms with Crippen LogP contribution in [0.3, 0.4) is 0 Å². The van der Waals surface area contributed by atoms with Crippen molar-refractivity contribution in [2.24, 2.45) is 0 Å². The van der Waals surface area contributed by atoms with Crippen LogP contribution < -0.4 is 0 Å². The summed E-state index contributed by atoms with van der Waals surface area (Å²) in [6.45, 7) is 0. The van der Waals surface area contributed by atoms with Gasteiger partial charge in [0.25, 0.3) is 9.05 Å². The molecule has 78 valence electrons. The minimum atomic E-state index is -4.41. The van der Waals surface area contributed by atoms with Gasteiger partial charge in [0, 0.05) is 22.2 Å². The minimum Gasteiger partial charge on any atom is -0.253 e. The normalized spacial score (nSPS) is 16.5. The van der Waals surface area contributed by atoms with E-state index in [1.807, 2.05) is 0 Å². The van der Waals surface area contributed by atoms with E-state index in [0.717, 1.165) is 0 Å². The molecule has 0 radical (unpaired) electrons. The Labute approximate surface area is 103 Å². The van der Waals surface area contributed by atoms with Crippen LogP contribution in [0.4, 0.5) is 0 Å². The molecule has 2 aromatic rings. The molecule has 0 atom stereocenters. The van der Waals surface area contributed by atoms with Gasteiger partial charge in [0.15, 0.2) is 0 Å². The summed E-state index contributed by atoms with van der Waals surface area (Å²) >= 11 is 5.81. The Balaban J connectivity index is 3.16.